The Labute approximate surface area is 128 Å². The Kier molecular flexibility index (Phi) is 4.72. The van der Waals surface area contributed by atoms with E-state index in [0.717, 1.165) is 18.5 Å². The molecule has 3 heteroatoms. The van der Waals surface area contributed by atoms with E-state index in [9.17, 15) is 0 Å². The van der Waals surface area contributed by atoms with Crippen LogP contribution >= 0.6 is 0 Å². The van der Waals surface area contributed by atoms with Crippen molar-refractivity contribution in [3.63, 3.8) is 0 Å². The van der Waals surface area contributed by atoms with E-state index in [-0.39, 0.29) is 5.54 Å². The Hall–Kier alpha value is -1.35. The first kappa shape index (κ1) is 16.0. The molecule has 0 amide bonds. The van der Waals surface area contributed by atoms with Crippen molar-refractivity contribution in [1.29, 1.82) is 0 Å². The molecule has 0 fully saturated rings. The van der Waals surface area contributed by atoms with Crippen molar-refractivity contribution in [2.45, 2.75) is 59.5 Å². The quantitative estimate of drug-likeness (QED) is 0.894. The predicted octanol–water partition coefficient (Wildman–Crippen LogP) is 4.18. The Balaban J connectivity index is 2.44. The van der Waals surface area contributed by atoms with Crippen LogP contribution in [0.25, 0.3) is 11.0 Å². The fourth-order valence-corrected chi connectivity index (χ4v) is 2.75. The summed E-state index contributed by atoms with van der Waals surface area (Å²) in [5.41, 5.74) is 2.50. The summed E-state index contributed by atoms with van der Waals surface area (Å²) in [6.45, 7) is 14.4. The number of imidazole rings is 1. The second kappa shape index (κ2) is 6.18. The molecule has 116 valence electrons. The molecule has 0 saturated carbocycles. The van der Waals surface area contributed by atoms with Crippen LogP contribution in [-0.4, -0.2) is 21.6 Å². The van der Waals surface area contributed by atoms with Crippen LogP contribution in [0.3, 0.4) is 0 Å². The van der Waals surface area contributed by atoms with Crippen molar-refractivity contribution in [3.05, 3.63) is 30.1 Å². The van der Waals surface area contributed by atoms with Crippen LogP contribution < -0.4 is 5.32 Å². The van der Waals surface area contributed by atoms with Gasteiger partial charge >= 0.3 is 0 Å². The van der Waals surface area contributed by atoms with Gasteiger partial charge in [-0.05, 0) is 38.8 Å². The largest absolute Gasteiger partial charge is 0.323 e. The molecule has 1 aromatic carbocycles. The summed E-state index contributed by atoms with van der Waals surface area (Å²) in [4.78, 5) is 4.81. The van der Waals surface area contributed by atoms with Gasteiger partial charge in [0.15, 0.2) is 0 Å². The molecule has 1 N–H and O–H groups in total. The van der Waals surface area contributed by atoms with Gasteiger partial charge in [0.05, 0.1) is 17.1 Å². The van der Waals surface area contributed by atoms with E-state index < -0.39 is 0 Å². The number of fused-ring (bicyclic) bond motifs is 1. The summed E-state index contributed by atoms with van der Waals surface area (Å²) in [6.07, 6.45) is 0.966. The molecule has 0 aliphatic rings. The molecule has 0 radical (unpaired) electrons. The summed E-state index contributed by atoms with van der Waals surface area (Å²) in [5, 5.41) is 3.66. The van der Waals surface area contributed by atoms with Gasteiger partial charge in [-0.15, -0.1) is 0 Å². The highest BCUT2D eigenvalue weighted by molar-refractivity contribution is 5.76. The number of benzene rings is 1. The number of aryl methyl sites for hydroxylation is 1. The van der Waals surface area contributed by atoms with Gasteiger partial charge in [0.1, 0.15) is 5.82 Å². The van der Waals surface area contributed by atoms with Gasteiger partial charge in [0.25, 0.3) is 0 Å². The maximum atomic E-state index is 4.81. The number of hydrogen-bond donors (Lipinski definition) is 1. The Morgan fingerprint density at radius 1 is 1.19 bits per heavy atom. The zero-order valence-corrected chi connectivity index (χ0v) is 14.3. The number of rotatable bonds is 5. The van der Waals surface area contributed by atoms with Crippen molar-refractivity contribution in [1.82, 2.24) is 14.9 Å². The van der Waals surface area contributed by atoms with Crippen molar-refractivity contribution in [2.24, 2.45) is 5.92 Å². The number of hydrogen-bond acceptors (Lipinski definition) is 2. The lowest BCUT2D eigenvalue weighted by Gasteiger charge is -2.30. The van der Waals surface area contributed by atoms with E-state index in [4.69, 9.17) is 4.98 Å². The minimum absolute atomic E-state index is 0.135. The molecule has 21 heavy (non-hydrogen) atoms. The molecular formula is C18H29N3. The van der Waals surface area contributed by atoms with Gasteiger partial charge in [-0.25, -0.2) is 4.98 Å². The molecule has 0 bridgehead atoms. The minimum atomic E-state index is 0.135. The van der Waals surface area contributed by atoms with Gasteiger partial charge in [-0.3, -0.25) is 0 Å². The Bertz CT molecular complexity index is 590. The third-order valence-corrected chi connectivity index (χ3v) is 3.93. The van der Waals surface area contributed by atoms with E-state index in [0.29, 0.717) is 12.0 Å². The van der Waals surface area contributed by atoms with Gasteiger partial charge in [-0.2, -0.15) is 0 Å². The van der Waals surface area contributed by atoms with Gasteiger partial charge in [0, 0.05) is 18.5 Å². The molecule has 1 aromatic heterocycles. The van der Waals surface area contributed by atoms with E-state index in [2.05, 4.69) is 75.7 Å². The van der Waals surface area contributed by atoms with Gasteiger partial charge in [-0.1, -0.05) is 32.9 Å². The molecule has 2 rings (SSSR count). The molecule has 2 aromatic rings. The van der Waals surface area contributed by atoms with E-state index in [1.165, 1.54) is 11.3 Å². The van der Waals surface area contributed by atoms with Crippen LogP contribution in [-0.2, 0) is 6.42 Å². The second-order valence-corrected chi connectivity index (χ2v) is 7.18. The molecule has 1 heterocycles. The first-order valence-corrected chi connectivity index (χ1v) is 8.04. The molecular weight excluding hydrogens is 258 g/mol. The molecule has 1 atom stereocenters. The van der Waals surface area contributed by atoms with Gasteiger partial charge in [0.2, 0.25) is 0 Å². The van der Waals surface area contributed by atoms with Crippen LogP contribution in [0, 0.1) is 5.92 Å². The lowest BCUT2D eigenvalue weighted by Crippen LogP contribution is -2.41. The molecule has 0 aliphatic carbocycles. The lowest BCUT2D eigenvalue weighted by molar-refractivity contribution is 0.312. The fraction of sp³-hybridized carbons (Fsp3) is 0.611. The van der Waals surface area contributed by atoms with E-state index >= 15 is 0 Å². The SMILES string of the molecule is CCc1nc2ccccc2n1C(CNC(C)(C)C)C(C)C. The van der Waals surface area contributed by atoms with Crippen LogP contribution in [0.4, 0.5) is 0 Å². The third kappa shape index (κ3) is 3.65. The molecule has 0 aliphatic heterocycles. The first-order valence-electron chi connectivity index (χ1n) is 8.04. The summed E-state index contributed by atoms with van der Waals surface area (Å²) in [5.74, 6) is 1.74. The second-order valence-electron chi connectivity index (χ2n) is 7.18. The summed E-state index contributed by atoms with van der Waals surface area (Å²) < 4.78 is 2.44. The minimum Gasteiger partial charge on any atom is -0.323 e. The zero-order chi connectivity index (χ0) is 15.6. The summed E-state index contributed by atoms with van der Waals surface area (Å²) in [6, 6.07) is 8.89. The van der Waals surface area contributed by atoms with Crippen molar-refractivity contribution < 1.29 is 0 Å². The van der Waals surface area contributed by atoms with Crippen molar-refractivity contribution >= 4 is 11.0 Å². The average molecular weight is 287 g/mol. The highest BCUT2D eigenvalue weighted by Gasteiger charge is 2.22. The normalized spacial score (nSPS) is 14.0. The number of aromatic nitrogens is 2. The highest BCUT2D eigenvalue weighted by Crippen LogP contribution is 2.26. The fourth-order valence-electron chi connectivity index (χ4n) is 2.75. The van der Waals surface area contributed by atoms with Crippen LogP contribution in [0.2, 0.25) is 0 Å². The summed E-state index contributed by atoms with van der Waals surface area (Å²) >= 11 is 0. The van der Waals surface area contributed by atoms with Crippen molar-refractivity contribution in [2.75, 3.05) is 6.54 Å². The van der Waals surface area contributed by atoms with Crippen LogP contribution in [0.15, 0.2) is 24.3 Å². The maximum Gasteiger partial charge on any atom is 0.109 e. The number of nitrogens with zero attached hydrogens (tertiary/aromatic N) is 2. The molecule has 0 saturated heterocycles. The number of para-hydroxylation sites is 2. The van der Waals surface area contributed by atoms with E-state index in [1.54, 1.807) is 0 Å². The highest BCUT2D eigenvalue weighted by atomic mass is 15.1. The molecule has 0 spiro atoms. The average Bonchev–Trinajstić information content (AvgIpc) is 2.76. The standard InChI is InChI=1S/C18H29N3/c1-7-17-20-14-10-8-9-11-15(14)21(17)16(13(2)3)12-19-18(4,5)6/h8-11,13,16,19H,7,12H2,1-6H3. The zero-order valence-electron chi connectivity index (χ0n) is 14.3. The smallest absolute Gasteiger partial charge is 0.109 e. The monoisotopic (exact) mass is 287 g/mol. The first-order chi connectivity index (χ1) is 9.83. The van der Waals surface area contributed by atoms with Crippen LogP contribution in [0.1, 0.15) is 53.4 Å². The predicted molar refractivity (Wildman–Crippen MR) is 90.7 cm³/mol. The molecule has 1 unspecified atom stereocenters. The number of nitrogens with one attached hydrogen (secondary N) is 1. The van der Waals surface area contributed by atoms with E-state index in [1.807, 2.05) is 0 Å². The topological polar surface area (TPSA) is 29.9 Å². The summed E-state index contributed by atoms with van der Waals surface area (Å²) in [7, 11) is 0. The van der Waals surface area contributed by atoms with Crippen molar-refractivity contribution in [3.8, 4) is 0 Å². The Morgan fingerprint density at radius 2 is 1.86 bits per heavy atom. The van der Waals surface area contributed by atoms with Gasteiger partial charge < -0.3 is 9.88 Å². The molecule has 3 nitrogen and oxygen atoms in total. The lowest BCUT2D eigenvalue weighted by atomic mass is 10.0. The Morgan fingerprint density at radius 3 is 2.43 bits per heavy atom. The van der Waals surface area contributed by atoms with Crippen LogP contribution in [0.5, 0.6) is 0 Å². The third-order valence-electron chi connectivity index (χ3n) is 3.93. The maximum absolute atomic E-state index is 4.81.